The van der Waals surface area contributed by atoms with Crippen LogP contribution >= 0.6 is 11.3 Å². The van der Waals surface area contributed by atoms with E-state index in [9.17, 15) is 0 Å². The molecule has 0 spiro atoms. The SMILES string of the molecule is Nc1cccc2c1c1ccccc1n2-c1ccccc1-c1ccc2sc3ccccc3c2c1. The molecule has 0 unspecified atom stereocenters. The molecule has 2 heterocycles. The number of rotatable bonds is 2. The van der Waals surface area contributed by atoms with Gasteiger partial charge in [-0.15, -0.1) is 11.3 Å². The molecule has 2 aromatic heterocycles. The van der Waals surface area contributed by atoms with E-state index >= 15 is 0 Å². The molecular formula is C30H20N2S. The zero-order chi connectivity index (χ0) is 21.9. The predicted octanol–water partition coefficient (Wildman–Crippen LogP) is 8.40. The average Bonchev–Trinajstić information content (AvgIpc) is 3.40. The van der Waals surface area contributed by atoms with E-state index in [0.717, 1.165) is 22.3 Å². The van der Waals surface area contributed by atoms with Gasteiger partial charge in [0, 0.05) is 42.2 Å². The minimum atomic E-state index is 0.811. The molecule has 0 bridgehead atoms. The number of nitrogens with two attached hydrogens (primary N) is 1. The zero-order valence-electron chi connectivity index (χ0n) is 17.8. The van der Waals surface area contributed by atoms with Crippen molar-refractivity contribution >= 4 is 59.0 Å². The summed E-state index contributed by atoms with van der Waals surface area (Å²) in [7, 11) is 0. The first-order valence-corrected chi connectivity index (χ1v) is 11.9. The maximum Gasteiger partial charge on any atom is 0.0562 e. The summed E-state index contributed by atoms with van der Waals surface area (Å²) in [6.45, 7) is 0. The van der Waals surface area contributed by atoms with Crippen LogP contribution in [0.15, 0.2) is 109 Å². The summed E-state index contributed by atoms with van der Waals surface area (Å²) in [6, 6.07) is 38.9. The Labute approximate surface area is 195 Å². The maximum absolute atomic E-state index is 6.45. The summed E-state index contributed by atoms with van der Waals surface area (Å²) in [6.07, 6.45) is 0. The molecule has 0 fully saturated rings. The topological polar surface area (TPSA) is 30.9 Å². The second-order valence-corrected chi connectivity index (χ2v) is 9.50. The molecule has 0 aliphatic carbocycles. The first-order valence-electron chi connectivity index (χ1n) is 11.1. The van der Waals surface area contributed by atoms with Crippen LogP contribution < -0.4 is 5.73 Å². The van der Waals surface area contributed by atoms with Gasteiger partial charge in [0.05, 0.1) is 16.7 Å². The van der Waals surface area contributed by atoms with E-state index in [1.165, 1.54) is 42.2 Å². The smallest absolute Gasteiger partial charge is 0.0562 e. The Morgan fingerprint density at radius 3 is 2.24 bits per heavy atom. The van der Waals surface area contributed by atoms with Crippen molar-refractivity contribution in [2.75, 3.05) is 5.73 Å². The molecule has 0 radical (unpaired) electrons. The molecule has 33 heavy (non-hydrogen) atoms. The summed E-state index contributed by atoms with van der Waals surface area (Å²) < 4.78 is 5.00. The Morgan fingerprint density at radius 2 is 1.30 bits per heavy atom. The van der Waals surface area contributed by atoms with Crippen LogP contribution in [0.25, 0.3) is 58.8 Å². The third kappa shape index (κ3) is 2.66. The highest BCUT2D eigenvalue weighted by Crippen LogP contribution is 2.40. The molecule has 5 aromatic carbocycles. The molecule has 0 saturated carbocycles. The number of anilines is 1. The highest BCUT2D eigenvalue weighted by molar-refractivity contribution is 7.25. The van der Waals surface area contributed by atoms with Gasteiger partial charge >= 0.3 is 0 Å². The van der Waals surface area contributed by atoms with Gasteiger partial charge < -0.3 is 10.3 Å². The number of thiophene rings is 1. The van der Waals surface area contributed by atoms with Gasteiger partial charge in [0.25, 0.3) is 0 Å². The lowest BCUT2D eigenvalue weighted by atomic mass is 10.0. The third-order valence-corrected chi connectivity index (χ3v) is 7.71. The van der Waals surface area contributed by atoms with Crippen molar-refractivity contribution in [1.29, 1.82) is 0 Å². The summed E-state index contributed by atoms with van der Waals surface area (Å²) in [5.41, 5.74) is 13.1. The van der Waals surface area contributed by atoms with E-state index in [-0.39, 0.29) is 0 Å². The van der Waals surface area contributed by atoms with Crippen LogP contribution in [-0.4, -0.2) is 4.57 Å². The minimum Gasteiger partial charge on any atom is -0.398 e. The van der Waals surface area contributed by atoms with Gasteiger partial charge in [-0.25, -0.2) is 0 Å². The van der Waals surface area contributed by atoms with Gasteiger partial charge in [0.15, 0.2) is 0 Å². The molecule has 0 aliphatic heterocycles. The van der Waals surface area contributed by atoms with Crippen LogP contribution in [0, 0.1) is 0 Å². The normalized spacial score (nSPS) is 11.8. The first-order chi connectivity index (χ1) is 16.3. The van der Waals surface area contributed by atoms with Crippen molar-refractivity contribution in [3.05, 3.63) is 109 Å². The molecule has 0 aliphatic rings. The van der Waals surface area contributed by atoms with Gasteiger partial charge in [-0.2, -0.15) is 0 Å². The standard InChI is InChI=1S/C30H20N2S/c31-24-11-7-14-27-30(24)22-10-2-5-13-26(22)32(27)25-12-4-1-8-20(25)19-16-17-29-23(18-19)21-9-3-6-15-28(21)33-29/h1-18H,31H2. The van der Waals surface area contributed by atoms with Crippen molar-refractivity contribution in [2.45, 2.75) is 0 Å². The number of hydrogen-bond acceptors (Lipinski definition) is 2. The van der Waals surface area contributed by atoms with Crippen LogP contribution in [-0.2, 0) is 0 Å². The monoisotopic (exact) mass is 440 g/mol. The molecule has 3 heteroatoms. The molecular weight excluding hydrogens is 420 g/mol. The van der Waals surface area contributed by atoms with Gasteiger partial charge in [-0.1, -0.05) is 66.7 Å². The summed E-state index contributed by atoms with van der Waals surface area (Å²) >= 11 is 1.85. The zero-order valence-corrected chi connectivity index (χ0v) is 18.6. The number of hydrogen-bond donors (Lipinski definition) is 1. The van der Waals surface area contributed by atoms with Crippen LogP contribution in [0.2, 0.25) is 0 Å². The first kappa shape index (κ1) is 18.5. The van der Waals surface area contributed by atoms with Crippen LogP contribution in [0.5, 0.6) is 0 Å². The fourth-order valence-electron chi connectivity index (χ4n) is 5.11. The minimum absolute atomic E-state index is 0.811. The number of fused-ring (bicyclic) bond motifs is 6. The molecule has 2 N–H and O–H groups in total. The van der Waals surface area contributed by atoms with Crippen molar-refractivity contribution < 1.29 is 0 Å². The lowest BCUT2D eigenvalue weighted by Crippen LogP contribution is -1.97. The van der Waals surface area contributed by atoms with Crippen LogP contribution in [0.1, 0.15) is 0 Å². The number of benzene rings is 5. The lowest BCUT2D eigenvalue weighted by molar-refractivity contribution is 1.18. The van der Waals surface area contributed by atoms with Gasteiger partial charge in [0.1, 0.15) is 0 Å². The fourth-order valence-corrected chi connectivity index (χ4v) is 6.20. The third-order valence-electron chi connectivity index (χ3n) is 6.56. The van der Waals surface area contributed by atoms with Crippen LogP contribution in [0.3, 0.4) is 0 Å². The van der Waals surface area contributed by atoms with Gasteiger partial charge in [0.2, 0.25) is 0 Å². The van der Waals surface area contributed by atoms with Gasteiger partial charge in [-0.05, 0) is 48.0 Å². The Bertz CT molecular complexity index is 1840. The second kappa shape index (κ2) is 6.96. The number of aromatic nitrogens is 1. The Kier molecular flexibility index (Phi) is 3.90. The summed E-state index contributed by atoms with van der Waals surface area (Å²) in [5, 5.41) is 4.93. The van der Waals surface area contributed by atoms with E-state index in [0.29, 0.717) is 0 Å². The van der Waals surface area contributed by atoms with Crippen molar-refractivity contribution in [1.82, 2.24) is 4.57 Å². The van der Waals surface area contributed by atoms with E-state index < -0.39 is 0 Å². The van der Waals surface area contributed by atoms with E-state index in [1.807, 2.05) is 23.5 Å². The quantitative estimate of drug-likeness (QED) is 0.269. The molecule has 7 aromatic rings. The molecule has 7 rings (SSSR count). The van der Waals surface area contributed by atoms with E-state index in [1.54, 1.807) is 0 Å². The number of nitrogen functional groups attached to an aromatic ring is 1. The van der Waals surface area contributed by atoms with Crippen LogP contribution in [0.4, 0.5) is 5.69 Å². The average molecular weight is 441 g/mol. The Balaban J connectivity index is 1.55. The molecule has 0 atom stereocenters. The lowest BCUT2D eigenvalue weighted by Gasteiger charge is -2.14. The molecule has 0 amide bonds. The second-order valence-electron chi connectivity index (χ2n) is 8.42. The highest BCUT2D eigenvalue weighted by atomic mass is 32.1. The van der Waals surface area contributed by atoms with E-state index in [4.69, 9.17) is 5.73 Å². The Morgan fingerprint density at radius 1 is 0.576 bits per heavy atom. The number of para-hydroxylation sites is 2. The molecule has 156 valence electrons. The predicted molar refractivity (Wildman–Crippen MR) is 144 cm³/mol. The van der Waals surface area contributed by atoms with Crippen molar-refractivity contribution in [2.24, 2.45) is 0 Å². The van der Waals surface area contributed by atoms with Crippen molar-refractivity contribution in [3.63, 3.8) is 0 Å². The Hall–Kier alpha value is -4.08. The fraction of sp³-hybridized carbons (Fsp3) is 0. The number of nitrogens with zero attached hydrogens (tertiary/aromatic N) is 1. The largest absolute Gasteiger partial charge is 0.398 e. The summed E-state index contributed by atoms with van der Waals surface area (Å²) in [4.78, 5) is 0. The highest BCUT2D eigenvalue weighted by Gasteiger charge is 2.17. The van der Waals surface area contributed by atoms with Gasteiger partial charge in [-0.3, -0.25) is 0 Å². The maximum atomic E-state index is 6.45. The van der Waals surface area contributed by atoms with E-state index in [2.05, 4.69) is 102 Å². The molecule has 2 nitrogen and oxygen atoms in total. The molecule has 0 saturated heterocycles. The van der Waals surface area contributed by atoms with Crippen molar-refractivity contribution in [3.8, 4) is 16.8 Å². The summed E-state index contributed by atoms with van der Waals surface area (Å²) in [5.74, 6) is 0.